The van der Waals surface area contributed by atoms with Crippen molar-refractivity contribution in [3.63, 3.8) is 0 Å². The molecule has 2 amide bonds. The van der Waals surface area contributed by atoms with Crippen LogP contribution in [0.2, 0.25) is 0 Å². The first kappa shape index (κ1) is 16.8. The van der Waals surface area contributed by atoms with E-state index in [1.807, 2.05) is 0 Å². The van der Waals surface area contributed by atoms with Crippen LogP contribution >= 0.6 is 0 Å². The molecule has 0 atom stereocenters. The van der Waals surface area contributed by atoms with Crippen LogP contribution < -0.4 is 15.8 Å². The molecule has 0 saturated heterocycles. The van der Waals surface area contributed by atoms with Crippen LogP contribution in [0.15, 0.2) is 17.0 Å². The Morgan fingerprint density at radius 3 is 2.57 bits per heavy atom. The third-order valence-corrected chi connectivity index (χ3v) is 4.05. The second-order valence-electron chi connectivity index (χ2n) is 4.02. The third-order valence-electron chi connectivity index (χ3n) is 2.45. The summed E-state index contributed by atoms with van der Waals surface area (Å²) < 4.78 is 39.4. The highest BCUT2D eigenvalue weighted by Crippen LogP contribution is 2.25. The Morgan fingerprint density at radius 2 is 2.05 bits per heavy atom. The number of hydrogen-bond acceptors (Lipinski definition) is 5. The van der Waals surface area contributed by atoms with E-state index < -0.39 is 37.4 Å². The van der Waals surface area contributed by atoms with Crippen LogP contribution in [-0.2, 0) is 10.0 Å². The van der Waals surface area contributed by atoms with Gasteiger partial charge >= 0.3 is 11.7 Å². The molecular weight excluding hydrogens is 307 g/mol. The van der Waals surface area contributed by atoms with Gasteiger partial charge in [-0.2, -0.15) is 4.39 Å². The van der Waals surface area contributed by atoms with E-state index in [-0.39, 0.29) is 18.7 Å². The minimum Gasteiger partial charge on any atom is -0.352 e. The van der Waals surface area contributed by atoms with E-state index >= 15 is 0 Å². The van der Waals surface area contributed by atoms with Crippen molar-refractivity contribution in [2.24, 2.45) is 5.73 Å². The highest BCUT2D eigenvalue weighted by Gasteiger charge is 2.23. The molecule has 4 N–H and O–H groups in total. The Kier molecular flexibility index (Phi) is 5.16. The molecule has 116 valence electrons. The molecule has 0 aliphatic rings. The highest BCUT2D eigenvalue weighted by atomic mass is 32.2. The summed E-state index contributed by atoms with van der Waals surface area (Å²) in [7, 11) is -4.07. The number of halogens is 1. The fraction of sp³-hybridized carbons (Fsp3) is 0.300. The summed E-state index contributed by atoms with van der Waals surface area (Å²) in [6.45, 7) is 1.08. The second-order valence-corrected chi connectivity index (χ2v) is 5.75. The number of primary amides is 1. The van der Waals surface area contributed by atoms with Crippen LogP contribution in [0, 0.1) is 22.9 Å². The molecule has 0 saturated carbocycles. The monoisotopic (exact) mass is 320 g/mol. The molecule has 0 spiro atoms. The van der Waals surface area contributed by atoms with Gasteiger partial charge in [-0.25, -0.2) is 17.9 Å². The van der Waals surface area contributed by atoms with Gasteiger partial charge in [0.15, 0.2) is 0 Å². The maximum atomic E-state index is 13.3. The van der Waals surface area contributed by atoms with Crippen molar-refractivity contribution in [1.82, 2.24) is 10.0 Å². The minimum atomic E-state index is -4.07. The standard InChI is InChI=1S/C10H13FN4O5S/c1-6-4-7(11)8(15(17)18)5-9(6)21(19,20)14-3-2-13-10(12)16/h4-5,14H,2-3H2,1H3,(H3,12,13,16). The van der Waals surface area contributed by atoms with E-state index in [1.54, 1.807) is 0 Å². The fourth-order valence-corrected chi connectivity index (χ4v) is 2.80. The Hall–Kier alpha value is -2.27. The number of sulfonamides is 1. The number of rotatable bonds is 6. The number of urea groups is 1. The predicted octanol–water partition coefficient (Wildman–Crippen LogP) is -0.0111. The number of nitrogens with zero attached hydrogens (tertiary/aromatic N) is 1. The van der Waals surface area contributed by atoms with Gasteiger partial charge in [0.2, 0.25) is 15.8 Å². The van der Waals surface area contributed by atoms with Crippen molar-refractivity contribution in [3.8, 4) is 0 Å². The number of carbonyl (C=O) groups excluding carboxylic acids is 1. The van der Waals surface area contributed by atoms with Gasteiger partial charge in [0.1, 0.15) is 0 Å². The lowest BCUT2D eigenvalue weighted by molar-refractivity contribution is -0.387. The average Bonchev–Trinajstić information content (AvgIpc) is 2.33. The Bertz CT molecular complexity index is 676. The molecule has 0 bridgehead atoms. The third kappa shape index (κ3) is 4.36. The van der Waals surface area contributed by atoms with E-state index in [9.17, 15) is 27.7 Å². The largest absolute Gasteiger partial charge is 0.352 e. The van der Waals surface area contributed by atoms with E-state index in [0.29, 0.717) is 6.07 Å². The maximum absolute atomic E-state index is 13.3. The quantitative estimate of drug-likeness (QED) is 0.383. The number of benzene rings is 1. The van der Waals surface area contributed by atoms with Gasteiger partial charge in [-0.05, 0) is 18.6 Å². The van der Waals surface area contributed by atoms with Gasteiger partial charge in [0.05, 0.1) is 9.82 Å². The second kappa shape index (κ2) is 6.45. The van der Waals surface area contributed by atoms with Crippen LogP contribution in [0.4, 0.5) is 14.9 Å². The number of aryl methyl sites for hydroxylation is 1. The SMILES string of the molecule is Cc1cc(F)c([N+](=O)[O-])cc1S(=O)(=O)NCCNC(N)=O. The summed E-state index contributed by atoms with van der Waals surface area (Å²) in [5.74, 6) is -1.12. The zero-order chi connectivity index (χ0) is 16.2. The van der Waals surface area contributed by atoms with Gasteiger partial charge in [-0.1, -0.05) is 0 Å². The van der Waals surface area contributed by atoms with Gasteiger partial charge in [0.25, 0.3) is 0 Å². The molecular formula is C10H13FN4O5S. The minimum absolute atomic E-state index is 0.0217. The first-order valence-electron chi connectivity index (χ1n) is 5.62. The number of amides is 2. The first-order valence-corrected chi connectivity index (χ1v) is 7.11. The number of nitrogens with two attached hydrogens (primary N) is 1. The summed E-state index contributed by atoms with van der Waals surface area (Å²) in [4.78, 5) is 19.6. The molecule has 0 aliphatic heterocycles. The predicted molar refractivity (Wildman–Crippen MR) is 70.6 cm³/mol. The van der Waals surface area contributed by atoms with E-state index in [1.165, 1.54) is 6.92 Å². The van der Waals surface area contributed by atoms with Crippen molar-refractivity contribution in [2.75, 3.05) is 13.1 Å². The Labute approximate surface area is 119 Å². The molecule has 0 fully saturated rings. The van der Waals surface area contributed by atoms with Gasteiger partial charge in [-0.15, -0.1) is 0 Å². The van der Waals surface area contributed by atoms with Crippen LogP contribution in [0.25, 0.3) is 0 Å². The van der Waals surface area contributed by atoms with Gasteiger partial charge < -0.3 is 11.1 Å². The Morgan fingerprint density at radius 1 is 1.43 bits per heavy atom. The number of nitro groups is 1. The molecule has 0 aromatic heterocycles. The highest BCUT2D eigenvalue weighted by molar-refractivity contribution is 7.89. The van der Waals surface area contributed by atoms with Gasteiger partial charge in [0, 0.05) is 19.2 Å². The lowest BCUT2D eigenvalue weighted by Gasteiger charge is -2.09. The number of carbonyl (C=O) groups is 1. The molecule has 1 aromatic carbocycles. The lowest BCUT2D eigenvalue weighted by Crippen LogP contribution is -2.37. The van der Waals surface area contributed by atoms with E-state index in [2.05, 4.69) is 10.0 Å². The van der Waals surface area contributed by atoms with Crippen molar-refractivity contribution in [1.29, 1.82) is 0 Å². The average molecular weight is 320 g/mol. The summed E-state index contributed by atoms with van der Waals surface area (Å²) in [5, 5.41) is 12.8. The maximum Gasteiger partial charge on any atom is 0.312 e. The molecule has 0 aliphatic carbocycles. The van der Waals surface area contributed by atoms with E-state index in [0.717, 1.165) is 6.07 Å². The molecule has 0 radical (unpaired) electrons. The molecule has 1 aromatic rings. The topological polar surface area (TPSA) is 144 Å². The summed E-state index contributed by atoms with van der Waals surface area (Å²) >= 11 is 0. The molecule has 11 heteroatoms. The molecule has 21 heavy (non-hydrogen) atoms. The normalized spacial score (nSPS) is 11.1. The zero-order valence-electron chi connectivity index (χ0n) is 10.9. The lowest BCUT2D eigenvalue weighted by atomic mass is 10.2. The van der Waals surface area contributed by atoms with Crippen molar-refractivity contribution >= 4 is 21.7 Å². The number of nitrogens with one attached hydrogen (secondary N) is 2. The van der Waals surface area contributed by atoms with Crippen LogP contribution in [-0.4, -0.2) is 32.5 Å². The van der Waals surface area contributed by atoms with Crippen molar-refractivity contribution in [2.45, 2.75) is 11.8 Å². The molecule has 0 heterocycles. The van der Waals surface area contributed by atoms with Crippen LogP contribution in [0.3, 0.4) is 0 Å². The van der Waals surface area contributed by atoms with Crippen molar-refractivity contribution < 1.29 is 22.5 Å². The fourth-order valence-electron chi connectivity index (χ4n) is 1.52. The molecule has 9 nitrogen and oxygen atoms in total. The number of nitro benzene ring substituents is 1. The number of hydrogen-bond donors (Lipinski definition) is 3. The molecule has 1 rings (SSSR count). The summed E-state index contributed by atoms with van der Waals surface area (Å²) in [6, 6.07) is 0.603. The van der Waals surface area contributed by atoms with Gasteiger partial charge in [-0.3, -0.25) is 10.1 Å². The Balaban J connectivity index is 3.00. The summed E-state index contributed by atoms with van der Waals surface area (Å²) in [6.07, 6.45) is 0. The first-order chi connectivity index (χ1) is 9.65. The smallest absolute Gasteiger partial charge is 0.312 e. The summed E-state index contributed by atoms with van der Waals surface area (Å²) in [5.41, 5.74) is 3.89. The van der Waals surface area contributed by atoms with Crippen molar-refractivity contribution in [3.05, 3.63) is 33.6 Å². The van der Waals surface area contributed by atoms with Crippen LogP contribution in [0.5, 0.6) is 0 Å². The zero-order valence-corrected chi connectivity index (χ0v) is 11.7. The van der Waals surface area contributed by atoms with E-state index in [4.69, 9.17) is 5.73 Å². The molecule has 0 unspecified atom stereocenters. The van der Waals surface area contributed by atoms with Crippen LogP contribution in [0.1, 0.15) is 5.56 Å².